The van der Waals surface area contributed by atoms with Gasteiger partial charge in [-0.15, -0.1) is 11.8 Å². The summed E-state index contributed by atoms with van der Waals surface area (Å²) in [6, 6.07) is 15.0. The summed E-state index contributed by atoms with van der Waals surface area (Å²) in [5, 5.41) is 0. The molecule has 4 rings (SSSR count). The molecule has 1 aliphatic carbocycles. The summed E-state index contributed by atoms with van der Waals surface area (Å²) in [6.45, 7) is 5.98. The van der Waals surface area contributed by atoms with E-state index >= 15 is 0 Å². The standard InChI is InChI=1S/C23H28N2OS/c1-15-6-9-22(16(2)10-15)27-14-17-4-3-5-18(11-17)23(26)25-12-19-7-8-21(24)20(19)13-25/h3-6,9-11,19-21H,7-8,12-14,24H2,1-2H3. The zero-order valence-electron chi connectivity index (χ0n) is 16.2. The van der Waals surface area contributed by atoms with E-state index in [0.717, 1.165) is 30.8 Å². The first-order chi connectivity index (χ1) is 13.0. The van der Waals surface area contributed by atoms with E-state index in [9.17, 15) is 4.79 Å². The summed E-state index contributed by atoms with van der Waals surface area (Å²) in [5.74, 6) is 2.14. The predicted molar refractivity (Wildman–Crippen MR) is 112 cm³/mol. The van der Waals surface area contributed by atoms with E-state index in [2.05, 4.69) is 44.2 Å². The number of nitrogens with zero attached hydrogens (tertiary/aromatic N) is 1. The predicted octanol–water partition coefficient (Wildman–Crippen LogP) is 4.41. The summed E-state index contributed by atoms with van der Waals surface area (Å²) in [5.41, 5.74) is 10.8. The molecule has 142 valence electrons. The molecule has 4 heteroatoms. The summed E-state index contributed by atoms with van der Waals surface area (Å²) in [4.78, 5) is 16.3. The van der Waals surface area contributed by atoms with Crippen LogP contribution in [0.1, 0.15) is 39.9 Å². The van der Waals surface area contributed by atoms with Crippen molar-refractivity contribution in [2.45, 2.75) is 43.4 Å². The maximum atomic E-state index is 13.0. The monoisotopic (exact) mass is 380 g/mol. The van der Waals surface area contributed by atoms with Crippen molar-refractivity contribution in [3.8, 4) is 0 Å². The smallest absolute Gasteiger partial charge is 0.253 e. The highest BCUT2D eigenvalue weighted by Gasteiger charge is 2.42. The van der Waals surface area contributed by atoms with E-state index in [0.29, 0.717) is 11.8 Å². The van der Waals surface area contributed by atoms with Crippen molar-refractivity contribution in [1.82, 2.24) is 4.90 Å². The maximum absolute atomic E-state index is 13.0. The van der Waals surface area contributed by atoms with Crippen molar-refractivity contribution in [3.05, 3.63) is 64.7 Å². The molecule has 2 fully saturated rings. The van der Waals surface area contributed by atoms with Crippen molar-refractivity contribution in [2.75, 3.05) is 13.1 Å². The lowest BCUT2D eigenvalue weighted by Gasteiger charge is -2.19. The van der Waals surface area contributed by atoms with Gasteiger partial charge < -0.3 is 10.6 Å². The van der Waals surface area contributed by atoms with Crippen molar-refractivity contribution in [3.63, 3.8) is 0 Å². The van der Waals surface area contributed by atoms with Gasteiger partial charge in [0.05, 0.1) is 0 Å². The molecular formula is C23H28N2OS. The Morgan fingerprint density at radius 1 is 1.15 bits per heavy atom. The van der Waals surface area contributed by atoms with E-state index in [1.54, 1.807) is 0 Å². The van der Waals surface area contributed by atoms with E-state index in [4.69, 9.17) is 5.73 Å². The molecule has 3 atom stereocenters. The first-order valence-corrected chi connectivity index (χ1v) is 10.8. The first kappa shape index (κ1) is 18.6. The third kappa shape index (κ3) is 3.92. The van der Waals surface area contributed by atoms with Crippen LogP contribution in [-0.4, -0.2) is 29.9 Å². The van der Waals surface area contributed by atoms with Gasteiger partial charge in [-0.1, -0.05) is 29.8 Å². The lowest BCUT2D eigenvalue weighted by Crippen LogP contribution is -2.33. The van der Waals surface area contributed by atoms with Crippen LogP contribution in [0.25, 0.3) is 0 Å². The lowest BCUT2D eigenvalue weighted by atomic mass is 9.98. The zero-order chi connectivity index (χ0) is 19.0. The van der Waals surface area contributed by atoms with Crippen molar-refractivity contribution in [1.29, 1.82) is 0 Å². The molecule has 2 aliphatic rings. The van der Waals surface area contributed by atoms with Gasteiger partial charge >= 0.3 is 0 Å². The first-order valence-electron chi connectivity index (χ1n) is 9.85. The van der Waals surface area contributed by atoms with Crippen LogP contribution in [0.3, 0.4) is 0 Å². The average Bonchev–Trinajstić information content (AvgIpc) is 3.23. The lowest BCUT2D eigenvalue weighted by molar-refractivity contribution is 0.0779. The fourth-order valence-corrected chi connectivity index (χ4v) is 5.52. The number of fused-ring (bicyclic) bond motifs is 1. The number of rotatable bonds is 4. The van der Waals surface area contributed by atoms with Gasteiger partial charge in [-0.3, -0.25) is 4.79 Å². The minimum atomic E-state index is 0.162. The Balaban J connectivity index is 1.42. The molecule has 0 aromatic heterocycles. The number of hydrogen-bond acceptors (Lipinski definition) is 3. The van der Waals surface area contributed by atoms with Gasteiger partial charge in [0, 0.05) is 35.3 Å². The maximum Gasteiger partial charge on any atom is 0.253 e. The fraction of sp³-hybridized carbons (Fsp3) is 0.435. The Kier molecular flexibility index (Phi) is 5.29. The molecule has 1 amide bonds. The summed E-state index contributed by atoms with van der Waals surface area (Å²) in [7, 11) is 0. The number of hydrogen-bond donors (Lipinski definition) is 1. The van der Waals surface area contributed by atoms with E-state index in [1.807, 2.05) is 28.8 Å². The minimum Gasteiger partial charge on any atom is -0.338 e. The Bertz CT molecular complexity index is 850. The third-order valence-corrected chi connectivity index (χ3v) is 7.34. The minimum absolute atomic E-state index is 0.162. The van der Waals surface area contributed by atoms with Crippen molar-refractivity contribution in [2.24, 2.45) is 17.6 Å². The molecule has 1 heterocycles. The number of amides is 1. The van der Waals surface area contributed by atoms with Crippen LogP contribution >= 0.6 is 11.8 Å². The van der Waals surface area contributed by atoms with Crippen molar-refractivity contribution < 1.29 is 4.79 Å². The molecule has 1 saturated carbocycles. The summed E-state index contributed by atoms with van der Waals surface area (Å²) >= 11 is 1.83. The Labute approximate surface area is 166 Å². The molecule has 2 aromatic carbocycles. The molecule has 3 unspecified atom stereocenters. The van der Waals surface area contributed by atoms with Crippen LogP contribution in [-0.2, 0) is 5.75 Å². The second-order valence-electron chi connectivity index (χ2n) is 8.13. The molecule has 1 aliphatic heterocycles. The van der Waals surface area contributed by atoms with Crippen LogP contribution in [0.15, 0.2) is 47.4 Å². The summed E-state index contributed by atoms with van der Waals surface area (Å²) < 4.78 is 0. The number of carbonyl (C=O) groups is 1. The second kappa shape index (κ2) is 7.69. The molecular weight excluding hydrogens is 352 g/mol. The Morgan fingerprint density at radius 2 is 2.00 bits per heavy atom. The van der Waals surface area contributed by atoms with Gasteiger partial charge in [-0.2, -0.15) is 0 Å². The molecule has 2 N–H and O–H groups in total. The van der Waals surface area contributed by atoms with Gasteiger partial charge in [0.2, 0.25) is 0 Å². The topological polar surface area (TPSA) is 46.3 Å². The highest BCUT2D eigenvalue weighted by molar-refractivity contribution is 7.98. The van der Waals surface area contributed by atoms with Gasteiger partial charge in [0.25, 0.3) is 5.91 Å². The van der Waals surface area contributed by atoms with Crippen molar-refractivity contribution >= 4 is 17.7 Å². The second-order valence-corrected chi connectivity index (χ2v) is 9.15. The molecule has 27 heavy (non-hydrogen) atoms. The number of aryl methyl sites for hydroxylation is 2. The van der Waals surface area contributed by atoms with Crippen LogP contribution in [0, 0.1) is 25.7 Å². The number of carbonyl (C=O) groups excluding carboxylic acids is 1. The largest absolute Gasteiger partial charge is 0.338 e. The van der Waals surface area contributed by atoms with Gasteiger partial charge in [0.15, 0.2) is 0 Å². The highest BCUT2D eigenvalue weighted by atomic mass is 32.2. The van der Waals surface area contributed by atoms with Crippen LogP contribution in [0.2, 0.25) is 0 Å². The SMILES string of the molecule is Cc1ccc(SCc2cccc(C(=O)N3CC4CCC(N)C4C3)c2)c(C)c1. The van der Waals surface area contributed by atoms with Gasteiger partial charge in [-0.25, -0.2) is 0 Å². The number of likely N-dealkylation sites (tertiary alicyclic amines) is 1. The molecule has 0 bridgehead atoms. The zero-order valence-corrected chi connectivity index (χ0v) is 17.0. The average molecular weight is 381 g/mol. The van der Waals surface area contributed by atoms with Gasteiger partial charge in [-0.05, 0) is 67.9 Å². The molecule has 1 saturated heterocycles. The van der Waals surface area contributed by atoms with E-state index in [-0.39, 0.29) is 11.9 Å². The van der Waals surface area contributed by atoms with E-state index in [1.165, 1.54) is 28.0 Å². The molecule has 0 radical (unpaired) electrons. The van der Waals surface area contributed by atoms with Crippen LogP contribution in [0.4, 0.5) is 0 Å². The molecule has 2 aromatic rings. The normalized spacial score (nSPS) is 24.3. The quantitative estimate of drug-likeness (QED) is 0.800. The number of thioether (sulfide) groups is 1. The third-order valence-electron chi connectivity index (χ3n) is 6.10. The fourth-order valence-electron chi connectivity index (χ4n) is 4.57. The summed E-state index contributed by atoms with van der Waals surface area (Å²) in [6.07, 6.45) is 2.28. The number of nitrogens with two attached hydrogens (primary N) is 1. The van der Waals surface area contributed by atoms with Gasteiger partial charge in [0.1, 0.15) is 0 Å². The molecule has 0 spiro atoms. The number of benzene rings is 2. The molecule has 3 nitrogen and oxygen atoms in total. The Hall–Kier alpha value is -1.78. The van der Waals surface area contributed by atoms with Crippen LogP contribution in [0.5, 0.6) is 0 Å². The van der Waals surface area contributed by atoms with Crippen LogP contribution < -0.4 is 5.73 Å². The highest BCUT2D eigenvalue weighted by Crippen LogP contribution is 2.37. The van der Waals surface area contributed by atoms with E-state index < -0.39 is 0 Å². The Morgan fingerprint density at radius 3 is 2.78 bits per heavy atom.